The third kappa shape index (κ3) is 3.78. The summed E-state index contributed by atoms with van der Waals surface area (Å²) in [7, 11) is 1.77. The zero-order chi connectivity index (χ0) is 14.5. The third-order valence-corrected chi connectivity index (χ3v) is 4.94. The number of likely N-dealkylation sites (tertiary alicyclic amines) is 1. The van der Waals surface area contributed by atoms with Crippen molar-refractivity contribution in [3.05, 3.63) is 29.8 Å². The summed E-state index contributed by atoms with van der Waals surface area (Å²) in [6, 6.07) is 8.50. The van der Waals surface area contributed by atoms with Gasteiger partial charge >= 0.3 is 0 Å². The van der Waals surface area contributed by atoms with Crippen LogP contribution >= 0.6 is 0 Å². The van der Waals surface area contributed by atoms with E-state index in [9.17, 15) is 0 Å². The molecule has 2 aliphatic rings. The molecule has 1 aromatic carbocycles. The number of piperidine rings is 1. The average molecular weight is 289 g/mol. The Balaban J connectivity index is 1.52. The fourth-order valence-corrected chi connectivity index (χ4v) is 3.75. The van der Waals surface area contributed by atoms with E-state index in [0.29, 0.717) is 5.92 Å². The predicted octanol–water partition coefficient (Wildman–Crippen LogP) is 3.30. The Morgan fingerprint density at radius 1 is 1.19 bits per heavy atom. The SMILES string of the molecule is COc1ccccc1C1CCN(C[C@@H]2CCCOC2)CC1. The van der Waals surface area contributed by atoms with E-state index in [0.717, 1.165) is 24.9 Å². The number of hydrogen-bond donors (Lipinski definition) is 0. The van der Waals surface area contributed by atoms with E-state index >= 15 is 0 Å². The molecule has 0 bridgehead atoms. The molecule has 1 aromatic rings. The van der Waals surface area contributed by atoms with Gasteiger partial charge in [0.25, 0.3) is 0 Å². The van der Waals surface area contributed by atoms with E-state index in [4.69, 9.17) is 9.47 Å². The van der Waals surface area contributed by atoms with Gasteiger partial charge in [-0.15, -0.1) is 0 Å². The standard InChI is InChI=1S/C18H27NO2/c1-20-18-7-3-2-6-17(18)16-8-10-19(11-9-16)13-15-5-4-12-21-14-15/h2-3,6-7,15-16H,4-5,8-14H2,1H3/t15-/m0/s1. The molecule has 116 valence electrons. The monoisotopic (exact) mass is 289 g/mol. The number of ether oxygens (including phenoxy) is 2. The normalized spacial score (nSPS) is 24.9. The van der Waals surface area contributed by atoms with E-state index in [1.165, 1.54) is 50.9 Å². The molecule has 0 aromatic heterocycles. The highest BCUT2D eigenvalue weighted by atomic mass is 16.5. The highest BCUT2D eigenvalue weighted by molar-refractivity contribution is 5.36. The molecule has 21 heavy (non-hydrogen) atoms. The van der Waals surface area contributed by atoms with Gasteiger partial charge < -0.3 is 14.4 Å². The van der Waals surface area contributed by atoms with Gasteiger partial charge in [-0.25, -0.2) is 0 Å². The van der Waals surface area contributed by atoms with Crippen molar-refractivity contribution in [2.45, 2.75) is 31.6 Å². The van der Waals surface area contributed by atoms with Crippen LogP contribution in [-0.2, 0) is 4.74 Å². The minimum Gasteiger partial charge on any atom is -0.496 e. The van der Waals surface area contributed by atoms with Gasteiger partial charge in [0, 0.05) is 13.2 Å². The molecule has 0 N–H and O–H groups in total. The molecule has 0 unspecified atom stereocenters. The second-order valence-corrected chi connectivity index (χ2v) is 6.40. The molecule has 0 spiro atoms. The minimum absolute atomic E-state index is 0.653. The lowest BCUT2D eigenvalue weighted by atomic mass is 9.88. The van der Waals surface area contributed by atoms with Crippen LogP contribution in [0.5, 0.6) is 5.75 Å². The van der Waals surface area contributed by atoms with Crippen LogP contribution in [0.3, 0.4) is 0 Å². The smallest absolute Gasteiger partial charge is 0.122 e. The van der Waals surface area contributed by atoms with Crippen molar-refractivity contribution in [2.75, 3.05) is 40.0 Å². The van der Waals surface area contributed by atoms with Gasteiger partial charge in [-0.1, -0.05) is 18.2 Å². The van der Waals surface area contributed by atoms with Crippen LogP contribution in [0, 0.1) is 5.92 Å². The van der Waals surface area contributed by atoms with Crippen molar-refractivity contribution in [3.63, 3.8) is 0 Å². The van der Waals surface area contributed by atoms with Crippen LogP contribution in [0.25, 0.3) is 0 Å². The van der Waals surface area contributed by atoms with Gasteiger partial charge in [0.15, 0.2) is 0 Å². The summed E-state index contributed by atoms with van der Waals surface area (Å²) in [5.41, 5.74) is 1.39. The molecule has 1 atom stereocenters. The topological polar surface area (TPSA) is 21.7 Å². The van der Waals surface area contributed by atoms with Gasteiger partial charge in [-0.3, -0.25) is 0 Å². The molecule has 2 heterocycles. The van der Waals surface area contributed by atoms with E-state index in [1.807, 2.05) is 0 Å². The molecule has 0 saturated carbocycles. The molecule has 2 fully saturated rings. The van der Waals surface area contributed by atoms with Gasteiger partial charge in [-0.05, 0) is 62.2 Å². The Hall–Kier alpha value is -1.06. The fourth-order valence-electron chi connectivity index (χ4n) is 3.75. The van der Waals surface area contributed by atoms with Crippen molar-refractivity contribution in [1.82, 2.24) is 4.90 Å². The van der Waals surface area contributed by atoms with Crippen LogP contribution in [0.4, 0.5) is 0 Å². The zero-order valence-electron chi connectivity index (χ0n) is 13.1. The van der Waals surface area contributed by atoms with E-state index < -0.39 is 0 Å². The molecule has 2 aliphatic heterocycles. The Bertz CT molecular complexity index is 435. The third-order valence-electron chi connectivity index (χ3n) is 4.94. The van der Waals surface area contributed by atoms with Gasteiger partial charge in [0.05, 0.1) is 13.7 Å². The summed E-state index contributed by atoms with van der Waals surface area (Å²) in [5.74, 6) is 2.46. The molecule has 3 rings (SSSR count). The molecule has 3 nitrogen and oxygen atoms in total. The van der Waals surface area contributed by atoms with E-state index in [-0.39, 0.29) is 0 Å². The maximum Gasteiger partial charge on any atom is 0.122 e. The van der Waals surface area contributed by atoms with Gasteiger partial charge in [0.2, 0.25) is 0 Å². The highest BCUT2D eigenvalue weighted by Crippen LogP contribution is 2.34. The van der Waals surface area contributed by atoms with E-state index in [2.05, 4.69) is 29.2 Å². The van der Waals surface area contributed by atoms with Crippen molar-refractivity contribution in [3.8, 4) is 5.75 Å². The Labute approximate surface area is 128 Å². The first-order valence-corrected chi connectivity index (χ1v) is 8.30. The Morgan fingerprint density at radius 3 is 2.71 bits per heavy atom. The Kier molecular flexibility index (Phi) is 5.15. The molecular formula is C18H27NO2. The maximum absolute atomic E-state index is 5.60. The quantitative estimate of drug-likeness (QED) is 0.849. The second-order valence-electron chi connectivity index (χ2n) is 6.40. The summed E-state index contributed by atoms with van der Waals surface area (Å²) in [4.78, 5) is 2.63. The van der Waals surface area contributed by atoms with Crippen LogP contribution in [0.15, 0.2) is 24.3 Å². The zero-order valence-corrected chi connectivity index (χ0v) is 13.1. The molecule has 2 saturated heterocycles. The minimum atomic E-state index is 0.653. The van der Waals surface area contributed by atoms with Crippen molar-refractivity contribution < 1.29 is 9.47 Å². The molecular weight excluding hydrogens is 262 g/mol. The van der Waals surface area contributed by atoms with Crippen LogP contribution in [0.2, 0.25) is 0 Å². The first-order chi connectivity index (χ1) is 10.4. The lowest BCUT2D eigenvalue weighted by molar-refractivity contribution is 0.0346. The van der Waals surface area contributed by atoms with Crippen LogP contribution < -0.4 is 4.74 Å². The number of hydrogen-bond acceptors (Lipinski definition) is 3. The van der Waals surface area contributed by atoms with Crippen molar-refractivity contribution >= 4 is 0 Å². The first kappa shape index (κ1) is 14.9. The number of rotatable bonds is 4. The molecule has 0 aliphatic carbocycles. The summed E-state index contributed by atoms with van der Waals surface area (Å²) < 4.78 is 11.1. The molecule has 0 amide bonds. The summed E-state index contributed by atoms with van der Waals surface area (Å²) in [6.45, 7) is 5.57. The van der Waals surface area contributed by atoms with Gasteiger partial charge in [-0.2, -0.15) is 0 Å². The van der Waals surface area contributed by atoms with E-state index in [1.54, 1.807) is 7.11 Å². The summed E-state index contributed by atoms with van der Waals surface area (Å²) in [6.07, 6.45) is 5.07. The fraction of sp³-hybridized carbons (Fsp3) is 0.667. The average Bonchev–Trinajstić information content (AvgIpc) is 2.56. The lowest BCUT2D eigenvalue weighted by Crippen LogP contribution is -2.38. The number of nitrogens with zero attached hydrogens (tertiary/aromatic N) is 1. The lowest BCUT2D eigenvalue weighted by Gasteiger charge is -2.35. The van der Waals surface area contributed by atoms with Crippen LogP contribution in [0.1, 0.15) is 37.2 Å². The van der Waals surface area contributed by atoms with Gasteiger partial charge in [0.1, 0.15) is 5.75 Å². The number of para-hydroxylation sites is 1. The highest BCUT2D eigenvalue weighted by Gasteiger charge is 2.25. The summed E-state index contributed by atoms with van der Waals surface area (Å²) in [5, 5.41) is 0. The first-order valence-electron chi connectivity index (χ1n) is 8.30. The second kappa shape index (κ2) is 7.28. The number of methoxy groups -OCH3 is 1. The molecule has 0 radical (unpaired) electrons. The summed E-state index contributed by atoms with van der Waals surface area (Å²) >= 11 is 0. The maximum atomic E-state index is 5.60. The Morgan fingerprint density at radius 2 is 2.00 bits per heavy atom. The van der Waals surface area contributed by atoms with Crippen LogP contribution in [-0.4, -0.2) is 44.9 Å². The van der Waals surface area contributed by atoms with Crippen molar-refractivity contribution in [1.29, 1.82) is 0 Å². The van der Waals surface area contributed by atoms with Crippen molar-refractivity contribution in [2.24, 2.45) is 5.92 Å². The largest absolute Gasteiger partial charge is 0.496 e. The molecule has 3 heteroatoms. The number of benzene rings is 1. The predicted molar refractivity (Wildman–Crippen MR) is 85.0 cm³/mol.